The highest BCUT2D eigenvalue weighted by Gasteiger charge is 2.45. The van der Waals surface area contributed by atoms with E-state index < -0.39 is 5.41 Å². The van der Waals surface area contributed by atoms with Crippen LogP contribution in [-0.2, 0) is 5.41 Å². The molecule has 0 bridgehead atoms. The lowest BCUT2D eigenvalue weighted by atomic mass is 9.63. The van der Waals surface area contributed by atoms with Gasteiger partial charge in [0.05, 0.1) is 16.8 Å². The van der Waals surface area contributed by atoms with Gasteiger partial charge in [-0.25, -0.2) is 9.97 Å². The van der Waals surface area contributed by atoms with Gasteiger partial charge in [-0.05, 0) is 63.4 Å². The summed E-state index contributed by atoms with van der Waals surface area (Å²) in [6.07, 6.45) is 0. The van der Waals surface area contributed by atoms with Gasteiger partial charge in [0, 0.05) is 27.8 Å². The first-order valence-corrected chi connectivity index (χ1v) is 18.3. The fourth-order valence-electron chi connectivity index (χ4n) is 8.16. The largest absolute Gasteiger partial charge is 0.457 e. The van der Waals surface area contributed by atoms with Crippen LogP contribution in [0.2, 0.25) is 0 Å². The van der Waals surface area contributed by atoms with E-state index in [-0.39, 0.29) is 0 Å². The molecule has 0 saturated carbocycles. The van der Waals surface area contributed by atoms with E-state index in [9.17, 15) is 0 Å². The summed E-state index contributed by atoms with van der Waals surface area (Å²) in [5.74, 6) is 2.44. The van der Waals surface area contributed by atoms with Gasteiger partial charge in [-0.3, -0.25) is 0 Å². The molecule has 0 aliphatic carbocycles. The minimum atomic E-state index is -0.592. The Morgan fingerprint density at radius 3 is 1.69 bits per heavy atom. The summed E-state index contributed by atoms with van der Waals surface area (Å²) in [6.45, 7) is 0. The molecule has 9 aromatic rings. The topological polar surface area (TPSA) is 35.0 Å². The molecule has 0 N–H and O–H groups in total. The molecule has 3 nitrogen and oxygen atoms in total. The number of nitrogens with zero attached hydrogens (tertiary/aromatic N) is 2. The molecule has 3 heteroatoms. The van der Waals surface area contributed by atoms with Crippen LogP contribution in [0.3, 0.4) is 0 Å². The Morgan fingerprint density at radius 2 is 0.907 bits per heavy atom. The monoisotopic (exact) mass is 690 g/mol. The summed E-state index contributed by atoms with van der Waals surface area (Å²) in [7, 11) is 0. The van der Waals surface area contributed by atoms with E-state index in [0.717, 1.165) is 67.2 Å². The third kappa shape index (κ3) is 5.29. The fraction of sp³-hybridized carbons (Fsp3) is 0.0196. The molecule has 1 aliphatic heterocycles. The number of aromatic nitrogens is 2. The van der Waals surface area contributed by atoms with E-state index >= 15 is 0 Å². The van der Waals surface area contributed by atoms with Crippen LogP contribution in [0.25, 0.3) is 55.8 Å². The molecule has 0 saturated heterocycles. The molecule has 0 fully saturated rings. The average Bonchev–Trinajstić information content (AvgIpc) is 3.26. The van der Waals surface area contributed by atoms with Crippen LogP contribution in [0.5, 0.6) is 11.5 Å². The zero-order valence-corrected chi connectivity index (χ0v) is 29.4. The van der Waals surface area contributed by atoms with Crippen molar-refractivity contribution in [1.82, 2.24) is 9.97 Å². The van der Waals surface area contributed by atoms with Crippen LogP contribution in [0.1, 0.15) is 22.3 Å². The predicted octanol–water partition coefficient (Wildman–Crippen LogP) is 12.8. The van der Waals surface area contributed by atoms with Crippen molar-refractivity contribution in [1.29, 1.82) is 0 Å². The van der Waals surface area contributed by atoms with E-state index in [4.69, 9.17) is 14.7 Å². The van der Waals surface area contributed by atoms with Crippen molar-refractivity contribution in [2.24, 2.45) is 0 Å². The molecule has 0 unspecified atom stereocenters. The Morgan fingerprint density at radius 1 is 0.370 bits per heavy atom. The molecule has 8 aromatic carbocycles. The molecule has 0 radical (unpaired) electrons. The number of rotatable bonds is 6. The second kappa shape index (κ2) is 13.1. The van der Waals surface area contributed by atoms with Gasteiger partial charge in [-0.15, -0.1) is 0 Å². The lowest BCUT2D eigenvalue weighted by Gasteiger charge is -2.41. The Hall–Kier alpha value is -7.10. The van der Waals surface area contributed by atoms with E-state index in [2.05, 4.69) is 176 Å². The minimum Gasteiger partial charge on any atom is -0.457 e. The molecule has 0 atom stereocenters. The lowest BCUT2D eigenvalue weighted by Crippen LogP contribution is -2.34. The summed E-state index contributed by atoms with van der Waals surface area (Å²) < 4.78 is 6.55. The molecule has 0 amide bonds. The standard InChI is InChI=1S/C51H34N2O/c1-3-17-36(18-4-1)50-52-46(34-47(53-50)43-27-15-19-35-16-7-8-26-42(35)43)39-22-13-20-37(32-39)38-21-14-25-41(33-38)51(40-23-5-2-6-24-40)44-28-9-11-30-48(44)54-49-31-12-10-29-45(49)51/h1-34H. The second-order valence-electron chi connectivity index (χ2n) is 13.7. The molecule has 0 spiro atoms. The first kappa shape index (κ1) is 31.6. The van der Waals surface area contributed by atoms with E-state index in [1.54, 1.807) is 0 Å². The van der Waals surface area contributed by atoms with E-state index in [0.29, 0.717) is 5.82 Å². The molecule has 10 rings (SSSR count). The summed E-state index contributed by atoms with van der Waals surface area (Å²) in [5.41, 5.74) is 11.1. The molecular weight excluding hydrogens is 657 g/mol. The summed E-state index contributed by atoms with van der Waals surface area (Å²) >= 11 is 0. The van der Waals surface area contributed by atoms with Gasteiger partial charge in [-0.1, -0.05) is 176 Å². The van der Waals surface area contributed by atoms with Gasteiger partial charge in [0.2, 0.25) is 0 Å². The third-order valence-electron chi connectivity index (χ3n) is 10.6. The SMILES string of the molecule is c1ccc(-c2nc(-c3cccc(-c4cccc(C5(c6ccccc6)c6ccccc6Oc6ccccc65)c4)c3)cc(-c3cccc4ccccc34)n2)cc1. The van der Waals surface area contributed by atoms with Crippen LogP contribution in [0.4, 0.5) is 0 Å². The Labute approximate surface area is 314 Å². The molecule has 1 aliphatic rings. The zero-order valence-electron chi connectivity index (χ0n) is 29.4. The number of hydrogen-bond donors (Lipinski definition) is 0. The Bertz CT molecular complexity index is 2760. The van der Waals surface area contributed by atoms with Crippen molar-refractivity contribution in [3.63, 3.8) is 0 Å². The maximum absolute atomic E-state index is 6.55. The summed E-state index contributed by atoms with van der Waals surface area (Å²) in [4.78, 5) is 10.3. The summed E-state index contributed by atoms with van der Waals surface area (Å²) in [5, 5.41) is 2.35. The molecule has 254 valence electrons. The second-order valence-corrected chi connectivity index (χ2v) is 13.7. The number of ether oxygens (including phenoxy) is 1. The van der Waals surface area contributed by atoms with Gasteiger partial charge >= 0.3 is 0 Å². The zero-order chi connectivity index (χ0) is 35.9. The molecule has 54 heavy (non-hydrogen) atoms. The van der Waals surface area contributed by atoms with Gasteiger partial charge in [0.1, 0.15) is 11.5 Å². The van der Waals surface area contributed by atoms with Crippen molar-refractivity contribution in [3.8, 4) is 56.5 Å². The van der Waals surface area contributed by atoms with Gasteiger partial charge < -0.3 is 4.74 Å². The molecule has 1 aromatic heterocycles. The highest BCUT2D eigenvalue weighted by molar-refractivity contribution is 5.96. The Kier molecular flexibility index (Phi) is 7.70. The van der Waals surface area contributed by atoms with Gasteiger partial charge in [0.15, 0.2) is 5.82 Å². The lowest BCUT2D eigenvalue weighted by molar-refractivity contribution is 0.434. The van der Waals surface area contributed by atoms with Gasteiger partial charge in [-0.2, -0.15) is 0 Å². The van der Waals surface area contributed by atoms with Crippen molar-refractivity contribution in [2.45, 2.75) is 5.41 Å². The summed E-state index contributed by atoms with van der Waals surface area (Å²) in [6, 6.07) is 72.7. The number of fused-ring (bicyclic) bond motifs is 3. The van der Waals surface area contributed by atoms with Crippen molar-refractivity contribution in [3.05, 3.63) is 229 Å². The maximum atomic E-state index is 6.55. The van der Waals surface area contributed by atoms with Crippen molar-refractivity contribution in [2.75, 3.05) is 0 Å². The smallest absolute Gasteiger partial charge is 0.160 e. The predicted molar refractivity (Wildman–Crippen MR) is 220 cm³/mol. The minimum absolute atomic E-state index is 0.592. The third-order valence-corrected chi connectivity index (χ3v) is 10.6. The van der Waals surface area contributed by atoms with Crippen LogP contribution in [0, 0.1) is 0 Å². The van der Waals surface area contributed by atoms with Crippen LogP contribution in [0.15, 0.2) is 206 Å². The number of benzene rings is 8. The van der Waals surface area contributed by atoms with Gasteiger partial charge in [0.25, 0.3) is 0 Å². The van der Waals surface area contributed by atoms with Crippen molar-refractivity contribution >= 4 is 10.8 Å². The molecular formula is C51H34N2O. The number of hydrogen-bond acceptors (Lipinski definition) is 3. The van der Waals surface area contributed by atoms with E-state index in [1.807, 2.05) is 30.3 Å². The Balaban J connectivity index is 1.14. The normalized spacial score (nSPS) is 12.7. The highest BCUT2D eigenvalue weighted by Crippen LogP contribution is 2.55. The van der Waals surface area contributed by atoms with Crippen LogP contribution < -0.4 is 4.74 Å². The fourth-order valence-corrected chi connectivity index (χ4v) is 8.16. The maximum Gasteiger partial charge on any atom is 0.160 e. The quantitative estimate of drug-likeness (QED) is 0.174. The molecule has 2 heterocycles. The first-order valence-electron chi connectivity index (χ1n) is 18.3. The highest BCUT2D eigenvalue weighted by atomic mass is 16.5. The number of para-hydroxylation sites is 2. The van der Waals surface area contributed by atoms with Crippen LogP contribution >= 0.6 is 0 Å². The first-order chi connectivity index (χ1) is 26.8. The van der Waals surface area contributed by atoms with Crippen molar-refractivity contribution < 1.29 is 4.74 Å². The van der Waals surface area contributed by atoms with Crippen LogP contribution in [-0.4, -0.2) is 9.97 Å². The average molecular weight is 691 g/mol. The van der Waals surface area contributed by atoms with E-state index in [1.165, 1.54) is 16.5 Å².